The molecule has 1 aliphatic rings. The Balaban J connectivity index is 1.10. The van der Waals surface area contributed by atoms with Gasteiger partial charge < -0.3 is 15.0 Å². The lowest BCUT2D eigenvalue weighted by Gasteiger charge is -2.34. The number of nitrogens with one attached hydrogen (secondary N) is 1. The zero-order valence-electron chi connectivity index (χ0n) is 20.9. The molecular formula is C32H32N2O3. The largest absolute Gasteiger partial charge is 0.372 e. The number of fused-ring (bicyclic) bond motifs is 1. The number of rotatable bonds is 9. The number of amides is 1. The van der Waals surface area contributed by atoms with Crippen molar-refractivity contribution in [3.8, 4) is 0 Å². The maximum absolute atomic E-state index is 12.3. The highest BCUT2D eigenvalue weighted by atomic mass is 16.5. The fraction of sp³-hybridized carbons (Fsp3) is 0.250. The van der Waals surface area contributed by atoms with Crippen LogP contribution in [0.25, 0.3) is 10.8 Å². The minimum Gasteiger partial charge on any atom is -0.372 e. The van der Waals surface area contributed by atoms with Crippen LogP contribution in [-0.4, -0.2) is 37.4 Å². The van der Waals surface area contributed by atoms with Crippen LogP contribution in [0, 0.1) is 0 Å². The van der Waals surface area contributed by atoms with Gasteiger partial charge in [0.05, 0.1) is 25.7 Å². The van der Waals surface area contributed by atoms with Gasteiger partial charge in [0.15, 0.2) is 5.78 Å². The molecule has 0 aliphatic carbocycles. The number of nitrogens with zero attached hydrogens (tertiary/aromatic N) is 1. The molecular weight excluding hydrogens is 460 g/mol. The van der Waals surface area contributed by atoms with Crippen molar-refractivity contribution in [2.75, 3.05) is 24.5 Å². The van der Waals surface area contributed by atoms with E-state index in [1.54, 1.807) is 12.1 Å². The summed E-state index contributed by atoms with van der Waals surface area (Å²) in [6.07, 6.45) is 2.58. The van der Waals surface area contributed by atoms with Gasteiger partial charge in [-0.2, -0.15) is 0 Å². The number of benzene rings is 4. The molecule has 1 amide bonds. The summed E-state index contributed by atoms with van der Waals surface area (Å²) in [5, 5.41) is 5.22. The molecule has 37 heavy (non-hydrogen) atoms. The minimum absolute atomic E-state index is 0.00923. The average molecular weight is 493 g/mol. The summed E-state index contributed by atoms with van der Waals surface area (Å²) in [7, 11) is 0. The Morgan fingerprint density at radius 1 is 0.838 bits per heavy atom. The number of anilines is 1. The number of carbonyl (C=O) groups excluding carboxylic acids is 2. The predicted molar refractivity (Wildman–Crippen MR) is 148 cm³/mol. The second-order valence-electron chi connectivity index (χ2n) is 9.61. The summed E-state index contributed by atoms with van der Waals surface area (Å²) in [5.74, 6) is -0.246. The molecule has 0 bridgehead atoms. The van der Waals surface area contributed by atoms with Crippen molar-refractivity contribution in [1.82, 2.24) is 5.32 Å². The Morgan fingerprint density at radius 3 is 2.38 bits per heavy atom. The van der Waals surface area contributed by atoms with E-state index in [1.807, 2.05) is 30.3 Å². The lowest BCUT2D eigenvalue weighted by Crippen LogP contribution is -2.39. The average Bonchev–Trinajstić information content (AvgIpc) is 2.96. The minimum atomic E-state index is -0.155. The zero-order chi connectivity index (χ0) is 25.5. The van der Waals surface area contributed by atoms with E-state index in [4.69, 9.17) is 4.74 Å². The summed E-state index contributed by atoms with van der Waals surface area (Å²) >= 11 is 0. The molecule has 1 aliphatic heterocycles. The van der Waals surface area contributed by atoms with E-state index in [-0.39, 0.29) is 30.8 Å². The quantitative estimate of drug-likeness (QED) is 0.311. The Labute approximate surface area is 218 Å². The van der Waals surface area contributed by atoms with Gasteiger partial charge in [-0.25, -0.2) is 0 Å². The first-order valence-corrected chi connectivity index (χ1v) is 12.9. The molecule has 1 fully saturated rings. The van der Waals surface area contributed by atoms with Crippen molar-refractivity contribution < 1.29 is 14.3 Å². The predicted octanol–water partition coefficient (Wildman–Crippen LogP) is 5.57. The van der Waals surface area contributed by atoms with Crippen LogP contribution >= 0.6 is 0 Å². The zero-order valence-corrected chi connectivity index (χ0v) is 20.9. The molecule has 5 heteroatoms. The summed E-state index contributed by atoms with van der Waals surface area (Å²) in [4.78, 5) is 26.9. The molecule has 1 N–H and O–H groups in total. The SMILES string of the molecule is O=C(Cc1ccc(N2CCCC(OCc3ccc4ccccc4c3)C2)cc1)NCC(=O)c1ccccc1. The van der Waals surface area contributed by atoms with Gasteiger partial charge in [0.2, 0.25) is 5.91 Å². The number of Topliss-reactive ketones (excluding diaryl/α,β-unsaturated/α-hetero) is 1. The van der Waals surface area contributed by atoms with Gasteiger partial charge in [-0.05, 0) is 52.9 Å². The fourth-order valence-corrected chi connectivity index (χ4v) is 4.83. The molecule has 188 valence electrons. The first-order valence-electron chi connectivity index (χ1n) is 12.9. The van der Waals surface area contributed by atoms with E-state index >= 15 is 0 Å². The Bertz CT molecular complexity index is 1350. The van der Waals surface area contributed by atoms with E-state index in [0.717, 1.165) is 37.2 Å². The van der Waals surface area contributed by atoms with Crippen LogP contribution in [0.4, 0.5) is 5.69 Å². The normalized spacial score (nSPS) is 15.5. The van der Waals surface area contributed by atoms with Crippen LogP contribution in [-0.2, 0) is 22.6 Å². The highest BCUT2D eigenvalue weighted by Gasteiger charge is 2.21. The number of piperidine rings is 1. The van der Waals surface area contributed by atoms with Crippen molar-refractivity contribution >= 4 is 28.2 Å². The Kier molecular flexibility index (Phi) is 7.92. The van der Waals surface area contributed by atoms with Gasteiger partial charge in [-0.1, -0.05) is 78.9 Å². The van der Waals surface area contributed by atoms with Crippen molar-refractivity contribution in [3.63, 3.8) is 0 Å². The number of ether oxygens (including phenoxy) is 1. The lowest BCUT2D eigenvalue weighted by molar-refractivity contribution is -0.120. The lowest BCUT2D eigenvalue weighted by atomic mass is 10.1. The van der Waals surface area contributed by atoms with Gasteiger partial charge in [-0.3, -0.25) is 9.59 Å². The molecule has 1 heterocycles. The van der Waals surface area contributed by atoms with E-state index in [2.05, 4.69) is 64.8 Å². The van der Waals surface area contributed by atoms with Crippen LogP contribution in [0.3, 0.4) is 0 Å². The molecule has 0 spiro atoms. The van der Waals surface area contributed by atoms with Gasteiger partial charge in [0, 0.05) is 24.3 Å². The van der Waals surface area contributed by atoms with Crippen molar-refractivity contribution in [3.05, 3.63) is 114 Å². The maximum Gasteiger partial charge on any atom is 0.224 e. The summed E-state index contributed by atoms with van der Waals surface area (Å²) in [6.45, 7) is 2.48. The number of hydrogen-bond donors (Lipinski definition) is 1. The number of hydrogen-bond acceptors (Lipinski definition) is 4. The third-order valence-electron chi connectivity index (χ3n) is 6.89. The molecule has 0 aromatic heterocycles. The number of ketones is 1. The van der Waals surface area contributed by atoms with Crippen molar-refractivity contribution in [2.24, 2.45) is 0 Å². The monoisotopic (exact) mass is 492 g/mol. The van der Waals surface area contributed by atoms with Crippen LogP contribution in [0.1, 0.15) is 34.3 Å². The van der Waals surface area contributed by atoms with Gasteiger partial charge in [0.25, 0.3) is 0 Å². The van der Waals surface area contributed by atoms with Crippen molar-refractivity contribution in [1.29, 1.82) is 0 Å². The maximum atomic E-state index is 12.3. The Morgan fingerprint density at radius 2 is 1.57 bits per heavy atom. The molecule has 1 atom stereocenters. The van der Waals surface area contributed by atoms with E-state index < -0.39 is 0 Å². The van der Waals surface area contributed by atoms with E-state index in [9.17, 15) is 9.59 Å². The first-order chi connectivity index (χ1) is 18.1. The second kappa shape index (κ2) is 11.8. The summed E-state index contributed by atoms with van der Waals surface area (Å²) in [5.41, 5.74) is 3.87. The van der Waals surface area contributed by atoms with E-state index in [1.165, 1.54) is 16.3 Å². The standard InChI is InChI=1S/C32H32N2O3/c35-31(27-8-2-1-3-9-27)21-33-32(36)20-24-13-16-29(17-14-24)34-18-6-11-30(22-34)37-23-25-12-15-26-7-4-5-10-28(26)19-25/h1-5,7-10,12-17,19,30H,6,11,18,20-23H2,(H,33,36). The van der Waals surface area contributed by atoms with Gasteiger partial charge in [-0.15, -0.1) is 0 Å². The highest BCUT2D eigenvalue weighted by Crippen LogP contribution is 2.23. The third kappa shape index (κ3) is 6.63. The molecule has 1 saturated heterocycles. The molecule has 4 aromatic rings. The molecule has 5 nitrogen and oxygen atoms in total. The van der Waals surface area contributed by atoms with Crippen LogP contribution in [0.5, 0.6) is 0 Å². The van der Waals surface area contributed by atoms with Gasteiger partial charge in [0.1, 0.15) is 0 Å². The number of carbonyl (C=O) groups is 2. The van der Waals surface area contributed by atoms with E-state index in [0.29, 0.717) is 12.2 Å². The topological polar surface area (TPSA) is 58.6 Å². The third-order valence-corrected chi connectivity index (χ3v) is 6.89. The fourth-order valence-electron chi connectivity index (χ4n) is 4.83. The highest BCUT2D eigenvalue weighted by molar-refractivity contribution is 5.99. The molecule has 5 rings (SSSR count). The molecule has 0 saturated carbocycles. The molecule has 4 aromatic carbocycles. The second-order valence-corrected chi connectivity index (χ2v) is 9.61. The van der Waals surface area contributed by atoms with Crippen LogP contribution < -0.4 is 10.2 Å². The molecule has 0 radical (unpaired) electrons. The van der Waals surface area contributed by atoms with Crippen LogP contribution in [0.15, 0.2) is 97.1 Å². The summed E-state index contributed by atoms with van der Waals surface area (Å²) in [6, 6.07) is 32.1. The Hall–Kier alpha value is -3.96. The first kappa shape index (κ1) is 24.7. The smallest absolute Gasteiger partial charge is 0.224 e. The summed E-state index contributed by atoms with van der Waals surface area (Å²) < 4.78 is 6.30. The van der Waals surface area contributed by atoms with Crippen LogP contribution in [0.2, 0.25) is 0 Å². The molecule has 1 unspecified atom stereocenters. The van der Waals surface area contributed by atoms with Crippen molar-refractivity contribution in [2.45, 2.75) is 32.0 Å². The van der Waals surface area contributed by atoms with Gasteiger partial charge >= 0.3 is 0 Å².